The van der Waals surface area contributed by atoms with Gasteiger partial charge >= 0.3 is 0 Å². The van der Waals surface area contributed by atoms with Crippen LogP contribution < -0.4 is 14.8 Å². The van der Waals surface area contributed by atoms with Gasteiger partial charge in [-0.05, 0) is 47.4 Å². The van der Waals surface area contributed by atoms with Crippen molar-refractivity contribution in [1.29, 1.82) is 0 Å². The molecule has 0 amide bonds. The number of benzene rings is 1. The maximum atomic E-state index is 5.47. The number of piperidine rings is 1. The summed E-state index contributed by atoms with van der Waals surface area (Å²) in [6, 6.07) is 3.91. The lowest BCUT2D eigenvalue weighted by Gasteiger charge is -2.26. The van der Waals surface area contributed by atoms with Crippen LogP contribution in [0.1, 0.15) is 24.3 Å². The van der Waals surface area contributed by atoms with Gasteiger partial charge < -0.3 is 14.8 Å². The van der Waals surface area contributed by atoms with Crippen molar-refractivity contribution in [3.8, 4) is 11.5 Å². The van der Waals surface area contributed by atoms with Gasteiger partial charge in [0.05, 0.1) is 18.7 Å². The monoisotopic (exact) mass is 299 g/mol. The van der Waals surface area contributed by atoms with Crippen molar-refractivity contribution in [3.63, 3.8) is 0 Å². The zero-order chi connectivity index (χ0) is 12.3. The Morgan fingerprint density at radius 2 is 1.94 bits per heavy atom. The Morgan fingerprint density at radius 3 is 2.53 bits per heavy atom. The second-order valence-corrected chi connectivity index (χ2v) is 5.03. The first kappa shape index (κ1) is 12.7. The summed E-state index contributed by atoms with van der Waals surface area (Å²) in [4.78, 5) is 0. The molecule has 1 aromatic rings. The van der Waals surface area contributed by atoms with E-state index in [0.717, 1.165) is 29.1 Å². The van der Waals surface area contributed by atoms with Crippen LogP contribution in [0.15, 0.2) is 16.6 Å². The van der Waals surface area contributed by atoms with Crippen molar-refractivity contribution in [2.45, 2.75) is 18.8 Å². The molecule has 0 radical (unpaired) electrons. The average Bonchev–Trinajstić information content (AvgIpc) is 2.39. The second kappa shape index (κ2) is 5.74. The average molecular weight is 300 g/mol. The molecular weight excluding hydrogens is 282 g/mol. The molecule has 1 N–H and O–H groups in total. The molecule has 1 aliphatic heterocycles. The molecule has 17 heavy (non-hydrogen) atoms. The molecule has 1 atom stereocenters. The standard InChI is InChI=1S/C13H18BrNO2/c1-16-10-5-6-11(17-2)13(14)12(10)9-4-3-7-15-8-9/h5-6,9,15H,3-4,7-8H2,1-2H3. The summed E-state index contributed by atoms with van der Waals surface area (Å²) in [6.45, 7) is 2.11. The molecule has 0 saturated carbocycles. The molecule has 0 aliphatic carbocycles. The smallest absolute Gasteiger partial charge is 0.133 e. The fourth-order valence-corrected chi connectivity index (χ4v) is 3.18. The second-order valence-electron chi connectivity index (χ2n) is 4.24. The zero-order valence-corrected chi connectivity index (χ0v) is 11.8. The van der Waals surface area contributed by atoms with E-state index in [4.69, 9.17) is 9.47 Å². The summed E-state index contributed by atoms with van der Waals surface area (Å²) < 4.78 is 11.8. The third-order valence-corrected chi connectivity index (χ3v) is 4.07. The van der Waals surface area contributed by atoms with Crippen molar-refractivity contribution in [3.05, 3.63) is 22.2 Å². The van der Waals surface area contributed by atoms with Crippen LogP contribution in [0, 0.1) is 0 Å². The fourth-order valence-electron chi connectivity index (χ4n) is 2.37. The minimum atomic E-state index is 0.489. The molecular formula is C13H18BrNO2. The molecule has 1 saturated heterocycles. The van der Waals surface area contributed by atoms with Crippen molar-refractivity contribution in [1.82, 2.24) is 5.32 Å². The number of ether oxygens (including phenoxy) is 2. The van der Waals surface area contributed by atoms with Crippen molar-refractivity contribution >= 4 is 15.9 Å². The number of halogens is 1. The van der Waals surface area contributed by atoms with Gasteiger partial charge in [-0.2, -0.15) is 0 Å². The summed E-state index contributed by atoms with van der Waals surface area (Å²) in [5.74, 6) is 2.29. The van der Waals surface area contributed by atoms with Gasteiger partial charge in [-0.1, -0.05) is 0 Å². The highest BCUT2D eigenvalue weighted by molar-refractivity contribution is 9.10. The van der Waals surface area contributed by atoms with Gasteiger partial charge in [0.25, 0.3) is 0 Å². The molecule has 0 spiro atoms. The summed E-state index contributed by atoms with van der Waals surface area (Å²) in [5.41, 5.74) is 1.22. The maximum absolute atomic E-state index is 5.47. The Balaban J connectivity index is 2.40. The van der Waals surface area contributed by atoms with Crippen molar-refractivity contribution in [2.75, 3.05) is 27.3 Å². The lowest BCUT2D eigenvalue weighted by Crippen LogP contribution is -2.28. The first-order valence-corrected chi connectivity index (χ1v) is 6.68. The first-order chi connectivity index (χ1) is 8.27. The summed E-state index contributed by atoms with van der Waals surface area (Å²) in [6.07, 6.45) is 2.40. The first-order valence-electron chi connectivity index (χ1n) is 5.89. The van der Waals surface area contributed by atoms with E-state index in [1.807, 2.05) is 12.1 Å². The van der Waals surface area contributed by atoms with Crippen LogP contribution in [0.5, 0.6) is 11.5 Å². The molecule has 1 aromatic carbocycles. The molecule has 0 aromatic heterocycles. The molecule has 1 fully saturated rings. The largest absolute Gasteiger partial charge is 0.496 e. The summed E-state index contributed by atoms with van der Waals surface area (Å²) in [5, 5.41) is 3.43. The van der Waals surface area contributed by atoms with E-state index in [1.54, 1.807) is 14.2 Å². The zero-order valence-electron chi connectivity index (χ0n) is 10.3. The minimum absolute atomic E-state index is 0.489. The minimum Gasteiger partial charge on any atom is -0.496 e. The number of hydrogen-bond acceptors (Lipinski definition) is 3. The third kappa shape index (κ3) is 2.58. The van der Waals surface area contributed by atoms with Gasteiger partial charge in [0.2, 0.25) is 0 Å². The van der Waals surface area contributed by atoms with Crippen LogP contribution in [0.25, 0.3) is 0 Å². The SMILES string of the molecule is COc1ccc(OC)c(C2CCCNC2)c1Br. The number of hydrogen-bond donors (Lipinski definition) is 1. The highest BCUT2D eigenvalue weighted by Crippen LogP contribution is 2.41. The van der Waals surface area contributed by atoms with E-state index < -0.39 is 0 Å². The summed E-state index contributed by atoms with van der Waals surface area (Å²) in [7, 11) is 3.41. The van der Waals surface area contributed by atoms with Crippen LogP contribution in [0.4, 0.5) is 0 Å². The summed E-state index contributed by atoms with van der Waals surface area (Å²) >= 11 is 3.64. The number of rotatable bonds is 3. The molecule has 1 heterocycles. The number of nitrogens with one attached hydrogen (secondary N) is 1. The molecule has 1 unspecified atom stereocenters. The Bertz CT molecular complexity index is 389. The van der Waals surface area contributed by atoms with Gasteiger partial charge in [-0.25, -0.2) is 0 Å². The van der Waals surface area contributed by atoms with E-state index in [9.17, 15) is 0 Å². The van der Waals surface area contributed by atoms with Crippen LogP contribution in [0.2, 0.25) is 0 Å². The Morgan fingerprint density at radius 1 is 1.24 bits per heavy atom. The van der Waals surface area contributed by atoms with E-state index in [0.29, 0.717) is 5.92 Å². The fraction of sp³-hybridized carbons (Fsp3) is 0.538. The molecule has 3 nitrogen and oxygen atoms in total. The van der Waals surface area contributed by atoms with Crippen LogP contribution in [-0.4, -0.2) is 27.3 Å². The molecule has 2 rings (SSSR count). The van der Waals surface area contributed by atoms with Gasteiger partial charge in [-0.3, -0.25) is 0 Å². The van der Waals surface area contributed by atoms with E-state index in [2.05, 4.69) is 21.2 Å². The highest BCUT2D eigenvalue weighted by atomic mass is 79.9. The van der Waals surface area contributed by atoms with E-state index in [1.165, 1.54) is 18.4 Å². The predicted octanol–water partition coefficient (Wildman–Crippen LogP) is 2.93. The van der Waals surface area contributed by atoms with Gasteiger partial charge in [0.15, 0.2) is 0 Å². The topological polar surface area (TPSA) is 30.5 Å². The Kier molecular flexibility index (Phi) is 4.29. The molecule has 1 aliphatic rings. The van der Waals surface area contributed by atoms with Gasteiger partial charge in [0.1, 0.15) is 11.5 Å². The van der Waals surface area contributed by atoms with Crippen LogP contribution >= 0.6 is 15.9 Å². The van der Waals surface area contributed by atoms with Crippen molar-refractivity contribution < 1.29 is 9.47 Å². The lowest BCUT2D eigenvalue weighted by atomic mass is 9.91. The third-order valence-electron chi connectivity index (χ3n) is 3.25. The van der Waals surface area contributed by atoms with Crippen LogP contribution in [0.3, 0.4) is 0 Å². The maximum Gasteiger partial charge on any atom is 0.133 e. The van der Waals surface area contributed by atoms with Crippen molar-refractivity contribution in [2.24, 2.45) is 0 Å². The quantitative estimate of drug-likeness (QED) is 0.931. The molecule has 4 heteroatoms. The highest BCUT2D eigenvalue weighted by Gasteiger charge is 2.23. The molecule has 0 bridgehead atoms. The Labute approximate surface area is 111 Å². The normalized spacial score (nSPS) is 20.1. The number of methoxy groups -OCH3 is 2. The van der Waals surface area contributed by atoms with Gasteiger partial charge in [0, 0.05) is 18.0 Å². The molecule has 94 valence electrons. The Hall–Kier alpha value is -0.740. The van der Waals surface area contributed by atoms with E-state index in [-0.39, 0.29) is 0 Å². The van der Waals surface area contributed by atoms with Gasteiger partial charge in [-0.15, -0.1) is 0 Å². The van der Waals surface area contributed by atoms with Crippen LogP contribution in [-0.2, 0) is 0 Å². The predicted molar refractivity (Wildman–Crippen MR) is 72.1 cm³/mol. The van der Waals surface area contributed by atoms with E-state index >= 15 is 0 Å². The lowest BCUT2D eigenvalue weighted by molar-refractivity contribution is 0.381.